The van der Waals surface area contributed by atoms with Gasteiger partial charge in [0, 0.05) is 32.4 Å². The molecule has 6 aromatic rings. The third-order valence-corrected chi connectivity index (χ3v) is 10.2. The normalized spacial score (nSPS) is 12.6. The van der Waals surface area contributed by atoms with Crippen molar-refractivity contribution in [3.8, 4) is 23.0 Å². The zero-order chi connectivity index (χ0) is 50.6. The van der Waals surface area contributed by atoms with Gasteiger partial charge in [0.25, 0.3) is 0 Å². The monoisotopic (exact) mass is 1050 g/mol. The highest BCUT2D eigenvalue weighted by atomic mass is 79.9. The van der Waals surface area contributed by atoms with Crippen molar-refractivity contribution >= 4 is 44.0 Å². The third-order valence-electron chi connectivity index (χ3n) is 9.17. The van der Waals surface area contributed by atoms with E-state index in [4.69, 9.17) is 30.4 Å². The molecule has 2 amide bonds. The number of amides is 2. The molecule has 0 saturated carbocycles. The van der Waals surface area contributed by atoms with Gasteiger partial charge in [0.05, 0.1) is 24.5 Å². The molecule has 2 heterocycles. The summed E-state index contributed by atoms with van der Waals surface area (Å²) in [6.07, 6.45) is 2.56. The number of carbonyl (C=O) groups excluding carboxylic acids is 2. The Labute approximate surface area is 420 Å². The van der Waals surface area contributed by atoms with E-state index in [-0.39, 0.29) is 24.2 Å². The number of benzene rings is 4. The Bertz CT molecular complexity index is 2470. The van der Waals surface area contributed by atoms with E-state index >= 15 is 0 Å². The summed E-state index contributed by atoms with van der Waals surface area (Å²) < 4.78 is 24.1. The number of rotatable bonds is 10. The fourth-order valence-corrected chi connectivity index (χ4v) is 6.55. The zero-order valence-electron chi connectivity index (χ0n) is 41.3. The van der Waals surface area contributed by atoms with Crippen molar-refractivity contribution in [2.45, 2.75) is 118 Å². The second-order valence-corrected chi connectivity index (χ2v) is 19.9. The van der Waals surface area contributed by atoms with E-state index in [1.54, 1.807) is 12.4 Å². The maximum Gasteiger partial charge on any atom is 0.408 e. The van der Waals surface area contributed by atoms with Crippen LogP contribution in [0.5, 0.6) is 23.0 Å². The van der Waals surface area contributed by atoms with Gasteiger partial charge in [-0.1, -0.05) is 80.4 Å². The molecule has 2 aromatic heterocycles. The molecule has 6 N–H and O–H groups in total. The molecule has 0 spiro atoms. The average molecular weight is 1060 g/mol. The smallest absolute Gasteiger partial charge is 0.408 e. The minimum atomic E-state index is -0.521. The number of hydrogen-bond donors (Lipinski definition) is 4. The van der Waals surface area contributed by atoms with Gasteiger partial charge < -0.3 is 41.0 Å². The Morgan fingerprint density at radius 2 is 0.838 bits per heavy atom. The topological polar surface area (TPSA) is 173 Å². The van der Waals surface area contributed by atoms with E-state index in [2.05, 4.69) is 52.5 Å². The van der Waals surface area contributed by atoms with E-state index in [0.717, 1.165) is 54.1 Å². The number of hydrogen-bond acceptors (Lipinski definition) is 10. The summed E-state index contributed by atoms with van der Waals surface area (Å²) in [6.45, 7) is 22.7. The van der Waals surface area contributed by atoms with Crippen LogP contribution in [0.2, 0.25) is 0 Å². The number of carbonyl (C=O) groups is 2. The van der Waals surface area contributed by atoms with Crippen LogP contribution in [0.25, 0.3) is 0 Å². The van der Waals surface area contributed by atoms with Gasteiger partial charge in [0.2, 0.25) is 0 Å². The summed E-state index contributed by atoms with van der Waals surface area (Å²) in [5.74, 6) is 2.88. The van der Waals surface area contributed by atoms with Gasteiger partial charge in [0.1, 0.15) is 34.2 Å². The van der Waals surface area contributed by atoms with E-state index in [1.165, 1.54) is 0 Å². The lowest BCUT2D eigenvalue weighted by molar-refractivity contribution is 0.0496. The Morgan fingerprint density at radius 1 is 0.500 bits per heavy atom. The zero-order valence-corrected chi connectivity index (χ0v) is 44.4. The van der Waals surface area contributed by atoms with Crippen molar-refractivity contribution < 1.29 is 28.5 Å². The lowest BCUT2D eigenvalue weighted by atomic mass is 10.1. The molecule has 4 atom stereocenters. The predicted molar refractivity (Wildman–Crippen MR) is 280 cm³/mol. The number of ether oxygens (including phenoxy) is 4. The molecule has 0 unspecified atom stereocenters. The van der Waals surface area contributed by atoms with Gasteiger partial charge in [0.15, 0.2) is 0 Å². The molecule has 68 heavy (non-hydrogen) atoms. The van der Waals surface area contributed by atoms with Crippen LogP contribution in [0.15, 0.2) is 143 Å². The van der Waals surface area contributed by atoms with Crippen LogP contribution in [0.3, 0.4) is 0 Å². The third kappa shape index (κ3) is 22.8. The molecule has 0 aliphatic rings. The van der Waals surface area contributed by atoms with Gasteiger partial charge >= 0.3 is 12.2 Å². The molecule has 4 aromatic carbocycles. The van der Waals surface area contributed by atoms with Crippen LogP contribution in [0, 0.1) is 13.8 Å². The van der Waals surface area contributed by atoms with Gasteiger partial charge in [-0.05, 0) is 178 Å². The quantitative estimate of drug-likeness (QED) is 0.103. The molecule has 0 saturated heterocycles. The highest BCUT2D eigenvalue weighted by Gasteiger charge is 2.20. The molecule has 0 radical (unpaired) electrons. The molecule has 0 aliphatic heterocycles. The van der Waals surface area contributed by atoms with Gasteiger partial charge in [-0.25, -0.2) is 9.59 Å². The van der Waals surface area contributed by atoms with Crippen molar-refractivity contribution in [1.29, 1.82) is 0 Å². The second-order valence-electron chi connectivity index (χ2n) is 18.0. The van der Waals surface area contributed by atoms with Crippen LogP contribution < -0.4 is 31.6 Å². The predicted octanol–water partition coefficient (Wildman–Crippen LogP) is 14.5. The summed E-state index contributed by atoms with van der Waals surface area (Å²) in [4.78, 5) is 31.9. The summed E-state index contributed by atoms with van der Waals surface area (Å²) in [6, 6.07) is 38.7. The lowest BCUT2D eigenvalue weighted by Gasteiger charge is -2.22. The Morgan fingerprint density at radius 3 is 1.18 bits per heavy atom. The second kappa shape index (κ2) is 27.3. The van der Waals surface area contributed by atoms with Crippen molar-refractivity contribution in [1.82, 2.24) is 20.6 Å². The van der Waals surface area contributed by atoms with Crippen LogP contribution in [0.4, 0.5) is 9.59 Å². The van der Waals surface area contributed by atoms with Gasteiger partial charge in [-0.3, -0.25) is 9.97 Å². The van der Waals surface area contributed by atoms with Crippen molar-refractivity contribution in [2.75, 3.05) is 0 Å². The first kappa shape index (κ1) is 56.5. The fraction of sp³-hybridized carbons (Fsp3) is 0.333. The van der Waals surface area contributed by atoms with Gasteiger partial charge in [-0.15, -0.1) is 0 Å². The number of aromatic nitrogens is 2. The number of nitrogens with one attached hydrogen (secondary N) is 2. The Hall–Kier alpha value is -5.80. The molecule has 0 aliphatic carbocycles. The highest BCUT2D eigenvalue weighted by molar-refractivity contribution is 9.10. The first-order chi connectivity index (χ1) is 31.8. The van der Waals surface area contributed by atoms with Crippen molar-refractivity contribution in [3.63, 3.8) is 0 Å². The largest absolute Gasteiger partial charge is 0.456 e. The highest BCUT2D eigenvalue weighted by Crippen LogP contribution is 2.26. The minimum absolute atomic E-state index is 0.00897. The van der Waals surface area contributed by atoms with E-state index in [9.17, 15) is 9.59 Å². The number of nitrogens with zero attached hydrogens (tertiary/aromatic N) is 2. The summed E-state index contributed by atoms with van der Waals surface area (Å²) in [7, 11) is 0. The van der Waals surface area contributed by atoms with E-state index in [1.807, 2.05) is 204 Å². The standard InChI is InChI=1S/C19H24N2O3.C14H16N2O.C13H18BrNO2.C8H10BrN/c1-13-9-10-17(12-20-13)23-16-8-6-7-15(11-16)14(2)21-18(22)24-19(3,4)5;1-10-6-7-14(9-16-10)17-13-5-3-4-12(8-13)11(2)15;1-9(10-6-5-7-11(14)8-10)15-12(16)17-13(2,3)4;1-6(10)7-3-2-4-8(9)5-7/h6-12,14H,1-5H3,(H,21,22);3-9,11H,15H2,1-2H3;5-9H,1-4H3,(H,15,16);2-6H,10H2,1H3/t14-;11-;9-;6-/m0000/s1. The molecule has 14 heteroatoms. The molecule has 0 bridgehead atoms. The van der Waals surface area contributed by atoms with Crippen molar-refractivity contribution in [2.24, 2.45) is 11.5 Å². The molecular formula is C54H68Br2N6O6. The fourth-order valence-electron chi connectivity index (χ4n) is 5.71. The number of alkyl carbamates (subject to hydrolysis) is 2. The van der Waals surface area contributed by atoms with Crippen LogP contribution in [-0.2, 0) is 9.47 Å². The van der Waals surface area contributed by atoms with Crippen LogP contribution >= 0.6 is 31.9 Å². The molecule has 12 nitrogen and oxygen atoms in total. The molecular weight excluding hydrogens is 988 g/mol. The average Bonchev–Trinajstić information content (AvgIpc) is 3.25. The molecule has 6 rings (SSSR count). The number of halogens is 2. The Kier molecular flexibility index (Phi) is 22.7. The first-order valence-corrected chi connectivity index (χ1v) is 23.9. The maximum absolute atomic E-state index is 11.9. The number of aryl methyl sites for hydroxylation is 2. The van der Waals surface area contributed by atoms with Crippen molar-refractivity contribution in [3.05, 3.63) is 176 Å². The summed E-state index contributed by atoms with van der Waals surface area (Å²) in [5.41, 5.74) is 16.6. The maximum atomic E-state index is 11.9. The van der Waals surface area contributed by atoms with E-state index < -0.39 is 23.4 Å². The number of nitrogens with two attached hydrogens (primary N) is 2. The number of pyridine rings is 2. The lowest BCUT2D eigenvalue weighted by Crippen LogP contribution is -2.34. The SMILES string of the molecule is C[C@H](N)c1cccc(Br)c1.C[C@H](NC(=O)OC(C)(C)C)c1cccc(Br)c1.Cc1ccc(Oc2cccc([C@H](C)N)c2)cn1.Cc1ccc(Oc2cccc([C@H](C)NC(=O)OC(C)(C)C)c2)cn1. The van der Waals surface area contributed by atoms with Crippen LogP contribution in [0.1, 0.15) is 127 Å². The minimum Gasteiger partial charge on any atom is -0.456 e. The Balaban J connectivity index is 0.000000250. The molecule has 364 valence electrons. The van der Waals surface area contributed by atoms with Gasteiger partial charge in [-0.2, -0.15) is 0 Å². The first-order valence-electron chi connectivity index (χ1n) is 22.3. The summed E-state index contributed by atoms with van der Waals surface area (Å²) >= 11 is 6.78. The van der Waals surface area contributed by atoms with E-state index in [0.29, 0.717) is 11.5 Å². The van der Waals surface area contributed by atoms with Crippen LogP contribution in [-0.4, -0.2) is 33.4 Å². The summed E-state index contributed by atoms with van der Waals surface area (Å²) in [5, 5.41) is 5.62. The molecule has 0 fully saturated rings.